The van der Waals surface area contributed by atoms with E-state index in [0.29, 0.717) is 6.61 Å². The Kier molecular flexibility index (Phi) is 7.09. The fourth-order valence-electron chi connectivity index (χ4n) is 3.85. The maximum absolute atomic E-state index is 13.4. The van der Waals surface area contributed by atoms with Gasteiger partial charge in [0, 0.05) is 0 Å². The summed E-state index contributed by atoms with van der Waals surface area (Å²) in [5, 5.41) is 0.125. The van der Waals surface area contributed by atoms with Crippen LogP contribution in [0.15, 0.2) is 60.7 Å². The zero-order valence-electron chi connectivity index (χ0n) is 20.0. The molecule has 2 aromatic carbocycles. The van der Waals surface area contributed by atoms with Crippen LogP contribution in [0.3, 0.4) is 0 Å². The third-order valence-corrected chi connectivity index (χ3v) is 11.3. The van der Waals surface area contributed by atoms with E-state index >= 15 is 0 Å². The third kappa shape index (κ3) is 5.11. The Morgan fingerprint density at radius 1 is 1.00 bits per heavy atom. The maximum atomic E-state index is 13.4. The molecule has 0 radical (unpaired) electrons. The molecular weight excluding hydrogens is 402 g/mol. The first-order valence-corrected chi connectivity index (χ1v) is 14.2. The summed E-state index contributed by atoms with van der Waals surface area (Å²) in [4.78, 5) is 15.4. The zero-order chi connectivity index (χ0) is 22.8. The smallest absolute Gasteiger partial charge is 0.252 e. The molecule has 4 nitrogen and oxygen atoms in total. The monoisotopic (exact) mass is 439 g/mol. The number of amides is 1. The topological polar surface area (TPSA) is 38.8 Å². The minimum atomic E-state index is -1.92. The summed E-state index contributed by atoms with van der Waals surface area (Å²) < 4.78 is 12.8. The standard InChI is InChI=1S/C26H37NO3Si/c1-19(18-29-31(6,7)26(3,4)5)27-23(21-14-10-8-11-15-21)24(30-20(2)25(27)28)22-16-12-9-13-17-22/h8-17,19-20,23-24H,18H2,1-7H3/t19-,20?,23?,24+/m0/s1. The van der Waals surface area contributed by atoms with Gasteiger partial charge in [-0.25, -0.2) is 0 Å². The average molecular weight is 440 g/mol. The van der Waals surface area contributed by atoms with Crippen molar-refractivity contribution in [2.75, 3.05) is 6.61 Å². The van der Waals surface area contributed by atoms with Crippen molar-refractivity contribution in [3.63, 3.8) is 0 Å². The molecule has 0 spiro atoms. The normalized spacial score (nSPS) is 23.6. The lowest BCUT2D eigenvalue weighted by Crippen LogP contribution is -2.55. The van der Waals surface area contributed by atoms with Gasteiger partial charge < -0.3 is 14.1 Å². The maximum Gasteiger partial charge on any atom is 0.252 e. The molecule has 5 heteroatoms. The van der Waals surface area contributed by atoms with Crippen LogP contribution in [0.5, 0.6) is 0 Å². The van der Waals surface area contributed by atoms with E-state index < -0.39 is 14.4 Å². The van der Waals surface area contributed by atoms with E-state index in [9.17, 15) is 4.79 Å². The summed E-state index contributed by atoms with van der Waals surface area (Å²) in [5.74, 6) is 0.0207. The SMILES string of the molecule is CC1O[C@H](c2ccccc2)C(c2ccccc2)N([C@@H](C)CO[Si](C)(C)C(C)(C)C)C1=O. The fraction of sp³-hybridized carbons (Fsp3) is 0.500. The molecule has 0 N–H and O–H groups in total. The minimum absolute atomic E-state index is 0.0207. The lowest BCUT2D eigenvalue weighted by molar-refractivity contribution is -0.177. The van der Waals surface area contributed by atoms with Gasteiger partial charge >= 0.3 is 0 Å². The molecule has 1 fully saturated rings. The third-order valence-electron chi connectivity index (χ3n) is 6.78. The van der Waals surface area contributed by atoms with Gasteiger partial charge in [-0.1, -0.05) is 81.4 Å². The zero-order valence-corrected chi connectivity index (χ0v) is 21.0. The molecule has 2 unspecified atom stereocenters. The average Bonchev–Trinajstić information content (AvgIpc) is 2.74. The van der Waals surface area contributed by atoms with Crippen molar-refractivity contribution < 1.29 is 14.0 Å². The van der Waals surface area contributed by atoms with E-state index in [2.05, 4.69) is 65.1 Å². The molecule has 1 saturated heterocycles. The van der Waals surface area contributed by atoms with Gasteiger partial charge in [0.05, 0.1) is 18.7 Å². The second-order valence-electron chi connectivity index (χ2n) is 10.1. The van der Waals surface area contributed by atoms with E-state index in [1.54, 1.807) is 0 Å². The molecule has 0 saturated carbocycles. The predicted molar refractivity (Wildman–Crippen MR) is 128 cm³/mol. The van der Waals surface area contributed by atoms with Crippen LogP contribution in [-0.2, 0) is 14.0 Å². The Bertz CT molecular complexity index is 863. The molecule has 1 aliphatic rings. The second-order valence-corrected chi connectivity index (χ2v) is 14.9. The Labute approximate surface area is 188 Å². The minimum Gasteiger partial charge on any atom is -0.415 e. The highest BCUT2D eigenvalue weighted by Crippen LogP contribution is 2.43. The lowest BCUT2D eigenvalue weighted by atomic mass is 9.91. The molecule has 4 atom stereocenters. The van der Waals surface area contributed by atoms with Crippen molar-refractivity contribution in [1.29, 1.82) is 0 Å². The molecule has 0 aliphatic carbocycles. The van der Waals surface area contributed by atoms with Crippen LogP contribution >= 0.6 is 0 Å². The van der Waals surface area contributed by atoms with Crippen molar-refractivity contribution >= 4 is 14.2 Å². The molecule has 0 aromatic heterocycles. The molecule has 31 heavy (non-hydrogen) atoms. The fourth-order valence-corrected chi connectivity index (χ4v) is 4.94. The Hall–Kier alpha value is -1.95. The highest BCUT2D eigenvalue weighted by molar-refractivity contribution is 6.74. The number of hydrogen-bond donors (Lipinski definition) is 0. The van der Waals surface area contributed by atoms with Gasteiger partial charge in [0.15, 0.2) is 8.32 Å². The van der Waals surface area contributed by atoms with E-state index in [-0.39, 0.29) is 29.1 Å². The van der Waals surface area contributed by atoms with Gasteiger partial charge in [-0.05, 0) is 43.1 Å². The van der Waals surface area contributed by atoms with Crippen molar-refractivity contribution in [3.05, 3.63) is 71.8 Å². The highest BCUT2D eigenvalue weighted by atomic mass is 28.4. The number of nitrogens with zero attached hydrogens (tertiary/aromatic N) is 1. The van der Waals surface area contributed by atoms with Crippen LogP contribution in [0.2, 0.25) is 18.1 Å². The first-order chi connectivity index (χ1) is 14.5. The second kappa shape index (κ2) is 9.27. The largest absolute Gasteiger partial charge is 0.415 e. The molecular formula is C26H37NO3Si. The number of carbonyl (C=O) groups excluding carboxylic acids is 1. The lowest BCUT2D eigenvalue weighted by Gasteiger charge is -2.47. The van der Waals surface area contributed by atoms with Gasteiger partial charge in [-0.15, -0.1) is 0 Å². The number of benzene rings is 2. The number of morpholine rings is 1. The molecule has 1 aliphatic heterocycles. The van der Waals surface area contributed by atoms with E-state index in [1.165, 1.54) is 0 Å². The van der Waals surface area contributed by atoms with Crippen molar-refractivity contribution in [2.45, 2.75) is 77.0 Å². The summed E-state index contributed by atoms with van der Waals surface area (Å²) in [6.07, 6.45) is -0.730. The summed E-state index contributed by atoms with van der Waals surface area (Å²) in [5.41, 5.74) is 2.16. The van der Waals surface area contributed by atoms with Crippen LogP contribution in [0.25, 0.3) is 0 Å². The number of ether oxygens (including phenoxy) is 1. The molecule has 1 heterocycles. The number of rotatable bonds is 6. The molecule has 168 valence electrons. The van der Waals surface area contributed by atoms with Gasteiger partial charge in [0.2, 0.25) is 0 Å². The summed E-state index contributed by atoms with van der Waals surface area (Å²) >= 11 is 0. The summed E-state index contributed by atoms with van der Waals surface area (Å²) in [7, 11) is -1.92. The van der Waals surface area contributed by atoms with Crippen molar-refractivity contribution in [3.8, 4) is 0 Å². The molecule has 3 rings (SSSR count). The first-order valence-electron chi connectivity index (χ1n) is 11.2. The Morgan fingerprint density at radius 2 is 1.52 bits per heavy atom. The van der Waals surface area contributed by atoms with Crippen LogP contribution in [-0.4, -0.2) is 37.9 Å². The van der Waals surface area contributed by atoms with Gasteiger partial charge in [0.25, 0.3) is 5.91 Å². The van der Waals surface area contributed by atoms with Crippen LogP contribution < -0.4 is 0 Å². The highest BCUT2D eigenvalue weighted by Gasteiger charge is 2.45. The Morgan fingerprint density at radius 3 is 2.03 bits per heavy atom. The van der Waals surface area contributed by atoms with E-state index in [4.69, 9.17) is 9.16 Å². The molecule has 1 amide bonds. The quantitative estimate of drug-likeness (QED) is 0.509. The van der Waals surface area contributed by atoms with E-state index in [0.717, 1.165) is 11.1 Å². The van der Waals surface area contributed by atoms with Crippen LogP contribution in [0.1, 0.15) is 57.9 Å². The summed E-state index contributed by atoms with van der Waals surface area (Å²) in [6.45, 7) is 15.7. The first kappa shape index (κ1) is 23.7. The van der Waals surface area contributed by atoms with Crippen molar-refractivity contribution in [2.24, 2.45) is 0 Å². The van der Waals surface area contributed by atoms with Crippen LogP contribution in [0.4, 0.5) is 0 Å². The Balaban J connectivity index is 1.97. The molecule has 2 aromatic rings. The van der Waals surface area contributed by atoms with Gasteiger partial charge in [-0.3, -0.25) is 4.79 Å². The number of carbonyl (C=O) groups is 1. The molecule has 0 bridgehead atoms. The summed E-state index contributed by atoms with van der Waals surface area (Å²) in [6, 6.07) is 20.2. The van der Waals surface area contributed by atoms with Crippen molar-refractivity contribution in [1.82, 2.24) is 4.90 Å². The number of hydrogen-bond acceptors (Lipinski definition) is 3. The van der Waals surface area contributed by atoms with Gasteiger partial charge in [0.1, 0.15) is 12.2 Å². The predicted octanol–water partition coefficient (Wildman–Crippen LogP) is 6.13. The van der Waals surface area contributed by atoms with E-state index in [1.807, 2.05) is 48.2 Å². The van der Waals surface area contributed by atoms with Gasteiger partial charge in [-0.2, -0.15) is 0 Å². The van der Waals surface area contributed by atoms with Crippen LogP contribution in [0, 0.1) is 0 Å².